The molecule has 0 spiro atoms. The molecule has 0 bridgehead atoms. The summed E-state index contributed by atoms with van der Waals surface area (Å²) in [5, 5.41) is 11.9. The van der Waals surface area contributed by atoms with Crippen LogP contribution in [0.3, 0.4) is 0 Å². The number of rotatable bonds is 3. The molecule has 1 fully saturated rings. The average molecular weight is 282 g/mol. The van der Waals surface area contributed by atoms with Gasteiger partial charge in [-0.05, 0) is 32.4 Å². The first-order valence-corrected chi connectivity index (χ1v) is 7.00. The number of nitrogens with zero attached hydrogens (tertiary/aromatic N) is 1. The minimum Gasteiger partial charge on any atom is -0.477 e. The van der Waals surface area contributed by atoms with E-state index in [0.29, 0.717) is 18.0 Å². The number of carboxylic acid groups (broad SMARTS) is 1. The van der Waals surface area contributed by atoms with Gasteiger partial charge in [0.2, 0.25) is 5.91 Å². The van der Waals surface area contributed by atoms with Gasteiger partial charge in [0.15, 0.2) is 0 Å². The largest absolute Gasteiger partial charge is 0.477 e. The van der Waals surface area contributed by atoms with Crippen LogP contribution >= 0.6 is 11.3 Å². The van der Waals surface area contributed by atoms with Gasteiger partial charge < -0.3 is 10.4 Å². The number of carbonyl (C=O) groups excluding carboxylic acids is 1. The SMILES string of the molecule is Cc1sc(C(=O)O)cc1CN1CCNC(=O)C1(C)C. The second-order valence-corrected chi connectivity index (χ2v) is 6.49. The molecule has 2 N–H and O–H groups in total. The minimum absolute atomic E-state index is 0.0186. The molecular formula is C13H18N2O3S. The highest BCUT2D eigenvalue weighted by Crippen LogP contribution is 2.26. The lowest BCUT2D eigenvalue weighted by molar-refractivity contribution is -0.135. The van der Waals surface area contributed by atoms with E-state index in [9.17, 15) is 9.59 Å². The van der Waals surface area contributed by atoms with Crippen molar-refractivity contribution in [3.63, 3.8) is 0 Å². The van der Waals surface area contributed by atoms with E-state index in [1.807, 2.05) is 20.8 Å². The first-order chi connectivity index (χ1) is 8.82. The van der Waals surface area contributed by atoms with Crippen molar-refractivity contribution in [2.45, 2.75) is 32.9 Å². The third kappa shape index (κ3) is 2.64. The van der Waals surface area contributed by atoms with Crippen molar-refractivity contribution < 1.29 is 14.7 Å². The quantitative estimate of drug-likeness (QED) is 0.880. The van der Waals surface area contributed by atoms with Crippen LogP contribution in [-0.2, 0) is 11.3 Å². The molecule has 1 aromatic heterocycles. The number of amides is 1. The lowest BCUT2D eigenvalue weighted by Gasteiger charge is -2.41. The number of hydrogen-bond donors (Lipinski definition) is 2. The highest BCUT2D eigenvalue weighted by Gasteiger charge is 2.37. The molecule has 2 heterocycles. The van der Waals surface area contributed by atoms with Crippen molar-refractivity contribution in [3.8, 4) is 0 Å². The Balaban J connectivity index is 2.21. The minimum atomic E-state index is -0.894. The summed E-state index contributed by atoms with van der Waals surface area (Å²) in [5.41, 5.74) is 0.431. The van der Waals surface area contributed by atoms with Crippen molar-refractivity contribution in [1.29, 1.82) is 0 Å². The molecule has 1 aliphatic heterocycles. The van der Waals surface area contributed by atoms with Crippen LogP contribution in [0.1, 0.15) is 34.0 Å². The predicted octanol–water partition coefficient (Wildman–Crippen LogP) is 1.47. The summed E-state index contributed by atoms with van der Waals surface area (Å²) in [4.78, 5) is 26.3. The molecule has 0 aromatic carbocycles. The van der Waals surface area contributed by atoms with Crippen LogP contribution in [0.15, 0.2) is 6.07 Å². The van der Waals surface area contributed by atoms with Crippen LogP contribution in [0, 0.1) is 6.92 Å². The molecule has 104 valence electrons. The smallest absolute Gasteiger partial charge is 0.345 e. The Labute approximate surface area is 116 Å². The maximum absolute atomic E-state index is 11.9. The molecule has 19 heavy (non-hydrogen) atoms. The van der Waals surface area contributed by atoms with Gasteiger partial charge in [-0.1, -0.05) is 0 Å². The van der Waals surface area contributed by atoms with Gasteiger partial charge in [-0.3, -0.25) is 9.69 Å². The van der Waals surface area contributed by atoms with Gasteiger partial charge >= 0.3 is 5.97 Å². The van der Waals surface area contributed by atoms with E-state index in [-0.39, 0.29) is 5.91 Å². The van der Waals surface area contributed by atoms with Crippen LogP contribution in [0.4, 0.5) is 0 Å². The highest BCUT2D eigenvalue weighted by atomic mass is 32.1. The monoisotopic (exact) mass is 282 g/mol. The summed E-state index contributed by atoms with van der Waals surface area (Å²) >= 11 is 1.29. The number of aromatic carboxylic acids is 1. The molecule has 2 rings (SSSR count). The molecule has 6 heteroatoms. The number of carbonyl (C=O) groups is 2. The highest BCUT2D eigenvalue weighted by molar-refractivity contribution is 7.14. The summed E-state index contributed by atoms with van der Waals surface area (Å²) in [5.74, 6) is -0.875. The summed E-state index contributed by atoms with van der Waals surface area (Å²) < 4.78 is 0. The number of hydrogen-bond acceptors (Lipinski definition) is 4. The normalized spacial score (nSPS) is 19.2. The van der Waals surface area contributed by atoms with Gasteiger partial charge in [-0.15, -0.1) is 11.3 Å². The maximum Gasteiger partial charge on any atom is 0.345 e. The molecule has 0 saturated carbocycles. The van der Waals surface area contributed by atoms with Gasteiger partial charge in [0.25, 0.3) is 0 Å². The summed E-state index contributed by atoms with van der Waals surface area (Å²) in [6.45, 7) is 7.72. The Morgan fingerprint density at radius 1 is 1.58 bits per heavy atom. The van der Waals surface area contributed by atoms with Crippen molar-refractivity contribution in [3.05, 3.63) is 21.4 Å². The zero-order valence-electron chi connectivity index (χ0n) is 11.3. The zero-order chi connectivity index (χ0) is 14.2. The van der Waals surface area contributed by atoms with Crippen molar-refractivity contribution in [1.82, 2.24) is 10.2 Å². The Morgan fingerprint density at radius 3 is 2.84 bits per heavy atom. The van der Waals surface area contributed by atoms with E-state index < -0.39 is 11.5 Å². The number of piperazine rings is 1. The fourth-order valence-corrected chi connectivity index (χ4v) is 3.08. The van der Waals surface area contributed by atoms with E-state index in [2.05, 4.69) is 10.2 Å². The second-order valence-electron chi connectivity index (χ2n) is 5.23. The lowest BCUT2D eigenvalue weighted by Crippen LogP contribution is -2.61. The molecule has 1 aliphatic rings. The Morgan fingerprint density at radius 2 is 2.26 bits per heavy atom. The Kier molecular flexibility index (Phi) is 3.64. The van der Waals surface area contributed by atoms with Crippen LogP contribution in [0.2, 0.25) is 0 Å². The second kappa shape index (κ2) is 4.94. The fourth-order valence-electron chi connectivity index (χ4n) is 2.21. The lowest BCUT2D eigenvalue weighted by atomic mass is 9.98. The van der Waals surface area contributed by atoms with Crippen LogP contribution < -0.4 is 5.32 Å². The van der Waals surface area contributed by atoms with E-state index >= 15 is 0 Å². The van der Waals surface area contributed by atoms with Crippen LogP contribution in [-0.4, -0.2) is 40.5 Å². The molecule has 0 atom stereocenters. The van der Waals surface area contributed by atoms with Gasteiger partial charge in [0.1, 0.15) is 4.88 Å². The molecule has 1 aromatic rings. The molecule has 0 unspecified atom stereocenters. The topological polar surface area (TPSA) is 69.6 Å². The summed E-state index contributed by atoms with van der Waals surface area (Å²) in [6, 6.07) is 1.71. The van der Waals surface area contributed by atoms with Crippen molar-refractivity contribution in [2.24, 2.45) is 0 Å². The van der Waals surface area contributed by atoms with Crippen LogP contribution in [0.25, 0.3) is 0 Å². The molecule has 5 nitrogen and oxygen atoms in total. The molecule has 0 radical (unpaired) electrons. The molecular weight excluding hydrogens is 264 g/mol. The van der Waals surface area contributed by atoms with Crippen molar-refractivity contribution in [2.75, 3.05) is 13.1 Å². The first kappa shape index (κ1) is 14.0. The summed E-state index contributed by atoms with van der Waals surface area (Å²) in [7, 11) is 0. The van der Waals surface area contributed by atoms with Crippen molar-refractivity contribution >= 4 is 23.2 Å². The number of thiophene rings is 1. The third-order valence-corrected chi connectivity index (χ3v) is 4.69. The van der Waals surface area contributed by atoms with E-state index in [4.69, 9.17) is 5.11 Å². The average Bonchev–Trinajstić information content (AvgIpc) is 2.68. The van der Waals surface area contributed by atoms with Gasteiger partial charge in [-0.25, -0.2) is 4.79 Å². The molecule has 1 saturated heterocycles. The van der Waals surface area contributed by atoms with Gasteiger partial charge in [0.05, 0.1) is 5.54 Å². The number of aryl methyl sites for hydroxylation is 1. The molecule has 1 amide bonds. The standard InChI is InChI=1S/C13H18N2O3S/c1-8-9(6-10(19-8)11(16)17)7-15-5-4-14-12(18)13(15,2)3/h6H,4-5,7H2,1-3H3,(H,14,18)(H,16,17). The molecule has 0 aliphatic carbocycles. The first-order valence-electron chi connectivity index (χ1n) is 6.18. The third-order valence-electron chi connectivity index (χ3n) is 3.61. The number of carboxylic acids is 1. The van der Waals surface area contributed by atoms with Crippen LogP contribution in [0.5, 0.6) is 0 Å². The predicted molar refractivity (Wildman–Crippen MR) is 73.5 cm³/mol. The van der Waals surface area contributed by atoms with Gasteiger partial charge in [-0.2, -0.15) is 0 Å². The summed E-state index contributed by atoms with van der Waals surface area (Å²) in [6.07, 6.45) is 0. The zero-order valence-corrected chi connectivity index (χ0v) is 12.1. The van der Waals surface area contributed by atoms with E-state index in [0.717, 1.165) is 17.0 Å². The van der Waals surface area contributed by atoms with E-state index in [1.165, 1.54) is 11.3 Å². The van der Waals surface area contributed by atoms with Gasteiger partial charge in [0, 0.05) is 24.5 Å². The Hall–Kier alpha value is -1.40. The number of nitrogens with one attached hydrogen (secondary N) is 1. The van der Waals surface area contributed by atoms with E-state index in [1.54, 1.807) is 6.07 Å². The Bertz CT molecular complexity index is 522. The fraction of sp³-hybridized carbons (Fsp3) is 0.538. The maximum atomic E-state index is 11.9.